The van der Waals surface area contributed by atoms with Crippen LogP contribution in [0.2, 0.25) is 0 Å². The monoisotopic (exact) mass is 270 g/mol. The van der Waals surface area contributed by atoms with Crippen LogP contribution in [0, 0.1) is 0 Å². The molecule has 0 bridgehead atoms. The normalized spacial score (nSPS) is 12.9. The fourth-order valence-corrected chi connectivity index (χ4v) is 1.77. The number of ether oxygens (including phenoxy) is 1. The zero-order valence-corrected chi connectivity index (χ0v) is 10.9. The number of carbonyl (C=O) groups excluding carboxylic acids is 1. The summed E-state index contributed by atoms with van der Waals surface area (Å²) >= 11 is -2.11. The molecule has 2 N–H and O–H groups in total. The van der Waals surface area contributed by atoms with Gasteiger partial charge in [0.05, 0.1) is 17.7 Å². The first kappa shape index (κ1) is 14.3. The third-order valence-electron chi connectivity index (χ3n) is 2.16. The summed E-state index contributed by atoms with van der Waals surface area (Å²) in [4.78, 5) is 15.3. The first-order chi connectivity index (χ1) is 8.58. The topological polar surface area (TPSA) is 88.0 Å². The molecule has 0 radical (unpaired) electrons. The second-order valence-electron chi connectivity index (χ2n) is 3.29. The highest BCUT2D eigenvalue weighted by atomic mass is 32.2. The third kappa shape index (κ3) is 3.94. The predicted molar refractivity (Wildman–Crippen MR) is 69.1 cm³/mol. The van der Waals surface area contributed by atoms with Crippen molar-refractivity contribution in [2.24, 2.45) is 4.99 Å². The molecular formula is C11H14N2O4S. The van der Waals surface area contributed by atoms with Crippen molar-refractivity contribution in [2.75, 3.05) is 19.5 Å². The van der Waals surface area contributed by atoms with Crippen LogP contribution in [0.3, 0.4) is 0 Å². The summed E-state index contributed by atoms with van der Waals surface area (Å²) in [6.07, 6.45) is -0.0284. The van der Waals surface area contributed by atoms with Gasteiger partial charge in [0.25, 0.3) is 0 Å². The summed E-state index contributed by atoms with van der Waals surface area (Å²) in [7, 11) is 2.80. The average molecular weight is 270 g/mol. The van der Waals surface area contributed by atoms with E-state index in [0.717, 1.165) is 0 Å². The van der Waals surface area contributed by atoms with Crippen molar-refractivity contribution >= 4 is 28.6 Å². The van der Waals surface area contributed by atoms with Crippen LogP contribution in [0.1, 0.15) is 6.42 Å². The Kier molecular flexibility index (Phi) is 5.47. The summed E-state index contributed by atoms with van der Waals surface area (Å²) in [5.41, 5.74) is 0.433. The van der Waals surface area contributed by atoms with Crippen LogP contribution in [0.15, 0.2) is 34.2 Å². The molecule has 0 aliphatic rings. The minimum absolute atomic E-state index is 0.0284. The number of methoxy groups -OCH3 is 1. The van der Waals surface area contributed by atoms with Gasteiger partial charge in [0, 0.05) is 7.05 Å². The molecule has 18 heavy (non-hydrogen) atoms. The smallest absolute Gasteiger partial charge is 0.313 e. The minimum Gasteiger partial charge on any atom is -0.469 e. The quantitative estimate of drug-likeness (QED) is 0.372. The number of hydrogen-bond donors (Lipinski definition) is 2. The molecule has 98 valence electrons. The standard InChI is InChI=1S/C11H14N2O4S/c1-12-10(7-11(14)17-2)13-8-5-3-4-6-9(8)18(15)16/h3-6H,7H2,1-2H3,(H,12,13)(H,15,16). The lowest BCUT2D eigenvalue weighted by Crippen LogP contribution is -2.18. The maximum atomic E-state index is 11.1. The Bertz CT molecular complexity index is 488. The number of anilines is 1. The Morgan fingerprint density at radius 2 is 2.17 bits per heavy atom. The lowest BCUT2D eigenvalue weighted by Gasteiger charge is -2.10. The highest BCUT2D eigenvalue weighted by molar-refractivity contribution is 7.79. The largest absolute Gasteiger partial charge is 0.469 e. The van der Waals surface area contributed by atoms with Crippen LogP contribution in [0.25, 0.3) is 0 Å². The molecule has 0 aliphatic heterocycles. The summed E-state index contributed by atoms with van der Waals surface area (Å²) in [5.74, 6) is -0.0783. The van der Waals surface area contributed by atoms with Crippen molar-refractivity contribution in [3.05, 3.63) is 24.3 Å². The molecule has 1 rings (SSSR count). The number of aliphatic imine (C=N–C) groups is 1. The molecule has 0 heterocycles. The fourth-order valence-electron chi connectivity index (χ4n) is 1.27. The SMILES string of the molecule is CN=C(CC(=O)OC)Nc1ccccc1S(=O)O. The van der Waals surface area contributed by atoms with E-state index in [0.29, 0.717) is 11.5 Å². The van der Waals surface area contributed by atoms with Crippen molar-refractivity contribution in [3.8, 4) is 0 Å². The molecule has 6 nitrogen and oxygen atoms in total. The highest BCUT2D eigenvalue weighted by Gasteiger charge is 2.11. The molecule has 7 heteroatoms. The van der Waals surface area contributed by atoms with Gasteiger partial charge in [0.2, 0.25) is 0 Å². The number of benzene rings is 1. The summed E-state index contributed by atoms with van der Waals surface area (Å²) in [6.45, 7) is 0. The van der Waals surface area contributed by atoms with E-state index in [1.165, 1.54) is 20.2 Å². The van der Waals surface area contributed by atoms with Gasteiger partial charge in [-0.2, -0.15) is 0 Å². The van der Waals surface area contributed by atoms with Gasteiger partial charge >= 0.3 is 5.97 Å². The van der Waals surface area contributed by atoms with Gasteiger partial charge in [-0.1, -0.05) is 12.1 Å². The third-order valence-corrected chi connectivity index (χ3v) is 2.90. The predicted octanol–water partition coefficient (Wildman–Crippen LogP) is 1.27. The fraction of sp³-hybridized carbons (Fsp3) is 0.273. The van der Waals surface area contributed by atoms with Crippen LogP contribution in [-0.4, -0.2) is 34.7 Å². The van der Waals surface area contributed by atoms with Crippen LogP contribution in [0.4, 0.5) is 5.69 Å². The molecule has 1 aromatic carbocycles. The zero-order valence-electron chi connectivity index (χ0n) is 10.0. The molecule has 0 spiro atoms. The van der Waals surface area contributed by atoms with Gasteiger partial charge in [0.15, 0.2) is 11.1 Å². The molecule has 0 aliphatic carbocycles. The Hall–Kier alpha value is -1.73. The number of carbonyl (C=O) groups is 1. The second-order valence-corrected chi connectivity index (χ2v) is 4.23. The maximum absolute atomic E-state index is 11.1. The number of amidine groups is 1. The van der Waals surface area contributed by atoms with E-state index in [4.69, 9.17) is 4.55 Å². The van der Waals surface area contributed by atoms with Crippen LogP contribution < -0.4 is 5.32 Å². The van der Waals surface area contributed by atoms with Crippen molar-refractivity contribution < 1.29 is 18.3 Å². The molecule has 1 unspecified atom stereocenters. The number of hydrogen-bond acceptors (Lipinski definition) is 4. The first-order valence-electron chi connectivity index (χ1n) is 5.08. The number of esters is 1. The van der Waals surface area contributed by atoms with Crippen molar-refractivity contribution in [1.29, 1.82) is 0 Å². The lowest BCUT2D eigenvalue weighted by molar-refractivity contribution is -0.139. The van der Waals surface area contributed by atoms with E-state index in [1.807, 2.05) is 0 Å². The van der Waals surface area contributed by atoms with Gasteiger partial charge in [0.1, 0.15) is 12.3 Å². The van der Waals surface area contributed by atoms with Crippen LogP contribution >= 0.6 is 0 Å². The molecule has 0 saturated carbocycles. The molecule has 0 saturated heterocycles. The van der Waals surface area contributed by atoms with E-state index in [-0.39, 0.29) is 11.3 Å². The van der Waals surface area contributed by atoms with Gasteiger partial charge in [-0.15, -0.1) is 0 Å². The minimum atomic E-state index is -2.11. The Morgan fingerprint density at radius 3 is 2.72 bits per heavy atom. The second kappa shape index (κ2) is 6.87. The molecule has 1 aromatic rings. The first-order valence-corrected chi connectivity index (χ1v) is 6.18. The van der Waals surface area contributed by atoms with E-state index in [1.54, 1.807) is 18.2 Å². The van der Waals surface area contributed by atoms with E-state index in [9.17, 15) is 9.00 Å². The van der Waals surface area contributed by atoms with Crippen LogP contribution in [-0.2, 0) is 20.6 Å². The molecule has 0 fully saturated rings. The Morgan fingerprint density at radius 1 is 1.50 bits per heavy atom. The molecular weight excluding hydrogens is 256 g/mol. The maximum Gasteiger partial charge on any atom is 0.313 e. The van der Waals surface area contributed by atoms with Crippen LogP contribution in [0.5, 0.6) is 0 Å². The summed E-state index contributed by atoms with van der Waals surface area (Å²) < 4.78 is 24.8. The van der Waals surface area contributed by atoms with Gasteiger partial charge in [-0.05, 0) is 12.1 Å². The van der Waals surface area contributed by atoms with Gasteiger partial charge in [-0.3, -0.25) is 9.79 Å². The van der Waals surface area contributed by atoms with Gasteiger partial charge in [-0.25, -0.2) is 4.21 Å². The van der Waals surface area contributed by atoms with E-state index >= 15 is 0 Å². The average Bonchev–Trinajstić information content (AvgIpc) is 2.38. The highest BCUT2D eigenvalue weighted by Crippen LogP contribution is 2.18. The lowest BCUT2D eigenvalue weighted by atomic mass is 10.3. The van der Waals surface area contributed by atoms with E-state index in [2.05, 4.69) is 15.0 Å². The molecule has 0 amide bonds. The molecule has 1 atom stereocenters. The van der Waals surface area contributed by atoms with E-state index < -0.39 is 17.0 Å². The number of nitrogens with one attached hydrogen (secondary N) is 1. The van der Waals surface area contributed by atoms with Crippen molar-refractivity contribution in [3.63, 3.8) is 0 Å². The van der Waals surface area contributed by atoms with Crippen molar-refractivity contribution in [1.82, 2.24) is 0 Å². The number of para-hydroxylation sites is 1. The number of nitrogens with zero attached hydrogens (tertiary/aromatic N) is 1. The van der Waals surface area contributed by atoms with Gasteiger partial charge < -0.3 is 14.6 Å². The molecule has 0 aromatic heterocycles. The summed E-state index contributed by atoms with van der Waals surface area (Å²) in [5, 5.41) is 2.84. The Balaban J connectivity index is 2.89. The number of rotatable bonds is 4. The Labute approximate surface area is 107 Å². The summed E-state index contributed by atoms with van der Waals surface area (Å²) in [6, 6.07) is 6.51. The van der Waals surface area contributed by atoms with Crippen molar-refractivity contribution in [2.45, 2.75) is 11.3 Å². The zero-order chi connectivity index (χ0) is 13.5.